The molecular weight excluding hydrogens is 627 g/mol. The van der Waals surface area contributed by atoms with E-state index in [0.717, 1.165) is 10.4 Å². The van der Waals surface area contributed by atoms with E-state index in [1.807, 2.05) is 60.8 Å². The first kappa shape index (κ1) is 31.5. The number of carbonyl (C=O) groups excluding carboxylic acids is 2. The van der Waals surface area contributed by atoms with Gasteiger partial charge in [-0.15, -0.1) is 11.3 Å². The maximum atomic E-state index is 14.1. The highest BCUT2D eigenvalue weighted by molar-refractivity contribution is 7.10. The molecule has 2 aromatic carbocycles. The molecule has 0 bridgehead atoms. The predicted molar refractivity (Wildman–Crippen MR) is 176 cm³/mol. The molecule has 6 rings (SSSR count). The molecular formula is C34H33N3O7S2. The van der Waals surface area contributed by atoms with Crippen LogP contribution in [0, 0.1) is 0 Å². The number of fused-ring (bicyclic) bond motifs is 1. The molecule has 4 aromatic rings. The smallest absolute Gasteiger partial charge is 0.338 e. The van der Waals surface area contributed by atoms with E-state index >= 15 is 0 Å². The highest BCUT2D eigenvalue weighted by Crippen LogP contribution is 2.37. The normalized spacial score (nSPS) is 16.5. The van der Waals surface area contributed by atoms with E-state index in [1.165, 1.54) is 22.7 Å². The van der Waals surface area contributed by atoms with Crippen molar-refractivity contribution < 1.29 is 28.5 Å². The number of esters is 1. The van der Waals surface area contributed by atoms with E-state index in [1.54, 1.807) is 34.6 Å². The zero-order valence-electron chi connectivity index (χ0n) is 25.5. The number of carbonyl (C=O) groups is 2. The van der Waals surface area contributed by atoms with Crippen LogP contribution in [0.2, 0.25) is 0 Å². The number of hydrogen-bond acceptors (Lipinski definition) is 10. The lowest BCUT2D eigenvalue weighted by molar-refractivity contribution is -0.139. The van der Waals surface area contributed by atoms with Crippen molar-refractivity contribution in [3.8, 4) is 11.5 Å². The molecule has 0 saturated carbocycles. The number of morpholine rings is 1. The second-order valence-electron chi connectivity index (χ2n) is 10.4. The fourth-order valence-corrected chi connectivity index (χ4v) is 7.18. The number of thiophene rings is 1. The first-order valence-electron chi connectivity index (χ1n) is 15.1. The molecule has 2 aliphatic rings. The van der Waals surface area contributed by atoms with Crippen LogP contribution >= 0.6 is 22.7 Å². The van der Waals surface area contributed by atoms with Crippen LogP contribution in [0.5, 0.6) is 11.5 Å². The van der Waals surface area contributed by atoms with Gasteiger partial charge in [-0.2, -0.15) is 0 Å². The molecule has 0 N–H and O–H groups in total. The van der Waals surface area contributed by atoms with E-state index in [9.17, 15) is 14.4 Å². The highest BCUT2D eigenvalue weighted by Gasteiger charge is 2.35. The lowest BCUT2D eigenvalue weighted by Crippen LogP contribution is -2.43. The second-order valence-corrected chi connectivity index (χ2v) is 12.4. The number of thiazole rings is 1. The molecule has 1 fully saturated rings. The minimum absolute atomic E-state index is 0.117. The molecule has 0 aliphatic carbocycles. The van der Waals surface area contributed by atoms with Gasteiger partial charge < -0.3 is 23.8 Å². The molecule has 0 radical (unpaired) electrons. The van der Waals surface area contributed by atoms with Crippen LogP contribution in [0.25, 0.3) is 11.8 Å². The van der Waals surface area contributed by atoms with Crippen LogP contribution in [0.3, 0.4) is 0 Å². The minimum atomic E-state index is -0.702. The number of hydrogen-bond donors (Lipinski definition) is 0. The minimum Gasteiger partial charge on any atom is -0.490 e. The number of rotatable bonds is 10. The fraction of sp³-hybridized carbons (Fsp3) is 0.294. The van der Waals surface area contributed by atoms with E-state index < -0.39 is 12.0 Å². The molecule has 4 heterocycles. The van der Waals surface area contributed by atoms with Crippen LogP contribution < -0.4 is 24.4 Å². The summed E-state index contributed by atoms with van der Waals surface area (Å²) < 4.78 is 24.6. The Morgan fingerprint density at radius 2 is 1.80 bits per heavy atom. The lowest BCUT2D eigenvalue weighted by atomic mass is 9.97. The van der Waals surface area contributed by atoms with Gasteiger partial charge in [-0.05, 0) is 49.1 Å². The lowest BCUT2D eigenvalue weighted by Gasteiger charge is -2.26. The number of benzene rings is 2. The average Bonchev–Trinajstić information content (AvgIpc) is 3.73. The molecule has 46 heavy (non-hydrogen) atoms. The summed E-state index contributed by atoms with van der Waals surface area (Å²) in [4.78, 5) is 48.2. The van der Waals surface area contributed by atoms with Crippen molar-refractivity contribution in [3.05, 3.63) is 107 Å². The SMILES string of the molecule is CCOC(=O)C1=C(c2ccccc2)N=c2s/c(=C/c3ccc(OCC(=O)N4CCOCC4)c(OCC)c3)c(=O)n2[C@@H]1c1cccs1. The van der Waals surface area contributed by atoms with Gasteiger partial charge >= 0.3 is 5.97 Å². The largest absolute Gasteiger partial charge is 0.490 e. The molecule has 12 heteroatoms. The Morgan fingerprint density at radius 3 is 2.52 bits per heavy atom. The Kier molecular flexibility index (Phi) is 9.76. The average molecular weight is 660 g/mol. The molecule has 10 nitrogen and oxygen atoms in total. The first-order chi connectivity index (χ1) is 22.5. The monoisotopic (exact) mass is 659 g/mol. The number of aromatic nitrogens is 1. The maximum absolute atomic E-state index is 14.1. The standard InChI is InChI=1S/C34H33N3O7S2/c1-3-42-25-19-22(12-13-24(25)44-21-28(38)36-14-16-41-17-15-36)20-27-32(39)37-31(26-11-8-18-45-26)29(33(40)43-4-2)30(35-34(37)46-27)23-9-6-5-7-10-23/h5-13,18-20,31H,3-4,14-17,21H2,1-2H3/b27-20+/t31-/m1/s1. The van der Waals surface area contributed by atoms with Crippen LogP contribution in [0.4, 0.5) is 0 Å². The molecule has 2 aromatic heterocycles. The van der Waals surface area contributed by atoms with Crippen molar-refractivity contribution in [1.82, 2.24) is 9.47 Å². The van der Waals surface area contributed by atoms with Gasteiger partial charge in [0.2, 0.25) is 0 Å². The second kappa shape index (κ2) is 14.3. The third-order valence-corrected chi connectivity index (χ3v) is 9.37. The van der Waals surface area contributed by atoms with Crippen molar-refractivity contribution >= 4 is 46.3 Å². The van der Waals surface area contributed by atoms with Gasteiger partial charge in [0.15, 0.2) is 22.9 Å². The van der Waals surface area contributed by atoms with Crippen LogP contribution in [-0.2, 0) is 19.1 Å². The third-order valence-electron chi connectivity index (χ3n) is 7.47. The van der Waals surface area contributed by atoms with E-state index in [0.29, 0.717) is 70.6 Å². The molecule has 238 valence electrons. The van der Waals surface area contributed by atoms with Crippen molar-refractivity contribution in [1.29, 1.82) is 0 Å². The van der Waals surface area contributed by atoms with Crippen LogP contribution in [0.1, 0.15) is 35.9 Å². The summed E-state index contributed by atoms with van der Waals surface area (Å²) in [5.41, 5.74) is 2.00. The Bertz CT molecular complexity index is 1920. The Balaban J connectivity index is 1.40. The van der Waals surface area contributed by atoms with Crippen LogP contribution in [-0.4, -0.2) is 67.5 Å². The number of ether oxygens (including phenoxy) is 4. The Labute approximate surface area is 273 Å². The van der Waals surface area contributed by atoms with Crippen LogP contribution in [0.15, 0.2) is 81.4 Å². The van der Waals surface area contributed by atoms with Gasteiger partial charge in [0.05, 0.1) is 42.2 Å². The van der Waals surface area contributed by atoms with E-state index in [-0.39, 0.29) is 24.7 Å². The van der Waals surface area contributed by atoms with Gasteiger partial charge in [-0.3, -0.25) is 14.2 Å². The summed E-state index contributed by atoms with van der Waals surface area (Å²) in [5.74, 6) is 0.271. The predicted octanol–water partition coefficient (Wildman–Crippen LogP) is 3.63. The Morgan fingerprint density at radius 1 is 1.00 bits per heavy atom. The summed E-state index contributed by atoms with van der Waals surface area (Å²) in [5, 5.41) is 1.92. The molecule has 1 saturated heterocycles. The van der Waals surface area contributed by atoms with E-state index in [4.69, 9.17) is 23.9 Å². The molecule has 1 atom stereocenters. The number of amides is 1. The molecule has 0 spiro atoms. The zero-order chi connectivity index (χ0) is 32.0. The summed E-state index contributed by atoms with van der Waals surface area (Å²) in [6, 6.07) is 17.9. The Hall–Kier alpha value is -4.52. The highest BCUT2D eigenvalue weighted by atomic mass is 32.1. The zero-order valence-corrected chi connectivity index (χ0v) is 27.1. The van der Waals surface area contributed by atoms with Crippen molar-refractivity contribution in [2.75, 3.05) is 46.1 Å². The summed E-state index contributed by atoms with van der Waals surface area (Å²) in [7, 11) is 0. The quantitative estimate of drug-likeness (QED) is 0.239. The molecule has 2 aliphatic heterocycles. The van der Waals surface area contributed by atoms with Crippen molar-refractivity contribution in [2.24, 2.45) is 4.99 Å². The summed E-state index contributed by atoms with van der Waals surface area (Å²) in [6.45, 7) is 6.19. The first-order valence-corrected chi connectivity index (χ1v) is 16.7. The maximum Gasteiger partial charge on any atom is 0.338 e. The van der Waals surface area contributed by atoms with Gasteiger partial charge in [0, 0.05) is 23.5 Å². The fourth-order valence-electron chi connectivity index (χ4n) is 5.35. The van der Waals surface area contributed by atoms with E-state index in [2.05, 4.69) is 0 Å². The third kappa shape index (κ3) is 6.55. The summed E-state index contributed by atoms with van der Waals surface area (Å²) in [6.07, 6.45) is 1.77. The topological polar surface area (TPSA) is 109 Å². The van der Waals surface area contributed by atoms with Gasteiger partial charge in [0.1, 0.15) is 6.04 Å². The number of nitrogens with zero attached hydrogens (tertiary/aromatic N) is 3. The van der Waals surface area contributed by atoms with Gasteiger partial charge in [-0.1, -0.05) is 53.8 Å². The van der Waals surface area contributed by atoms with Crippen molar-refractivity contribution in [3.63, 3.8) is 0 Å². The molecule has 0 unspecified atom stereocenters. The van der Waals surface area contributed by atoms with Crippen molar-refractivity contribution in [2.45, 2.75) is 19.9 Å². The van der Waals surface area contributed by atoms with Gasteiger partial charge in [0.25, 0.3) is 11.5 Å². The molecule has 1 amide bonds. The summed E-state index contributed by atoms with van der Waals surface area (Å²) >= 11 is 2.71. The van der Waals surface area contributed by atoms with Gasteiger partial charge in [-0.25, -0.2) is 9.79 Å².